The topological polar surface area (TPSA) is 175 Å². The number of aliphatic imine (C=N–C) groups is 1. The van der Waals surface area contributed by atoms with Gasteiger partial charge in [-0.05, 0) is 185 Å². The second kappa shape index (κ2) is 36.3. The Balaban J connectivity index is 0.000000306. The first kappa shape index (κ1) is 72.6. The van der Waals surface area contributed by atoms with Crippen molar-refractivity contribution in [2.45, 2.75) is 148 Å². The van der Waals surface area contributed by atoms with E-state index in [1.54, 1.807) is 35.2 Å². The van der Waals surface area contributed by atoms with Crippen LogP contribution in [-0.2, 0) is 44.0 Å². The Morgan fingerprint density at radius 1 is 0.709 bits per heavy atom. The minimum atomic E-state index is -0.954. The van der Waals surface area contributed by atoms with Crippen LogP contribution in [0.15, 0.2) is 83.9 Å². The van der Waals surface area contributed by atoms with E-state index in [1.165, 1.54) is 61.2 Å². The van der Waals surface area contributed by atoms with Crippen LogP contribution < -0.4 is 20.9 Å². The van der Waals surface area contributed by atoms with Crippen LogP contribution >= 0.6 is 43.8 Å². The van der Waals surface area contributed by atoms with Crippen molar-refractivity contribution >= 4 is 106 Å². The van der Waals surface area contributed by atoms with Gasteiger partial charge in [-0.25, -0.2) is 38.2 Å². The summed E-state index contributed by atoms with van der Waals surface area (Å²) >= 11 is 9.05. The Labute approximate surface area is 526 Å². The maximum atomic E-state index is 15.1. The summed E-state index contributed by atoms with van der Waals surface area (Å²) in [5, 5.41) is 30.8. The van der Waals surface area contributed by atoms with Crippen molar-refractivity contribution in [1.29, 1.82) is 15.8 Å². The first-order chi connectivity index (χ1) is 40.8. The van der Waals surface area contributed by atoms with E-state index in [1.807, 2.05) is 18.2 Å². The zero-order valence-electron chi connectivity index (χ0n) is 46.8. The van der Waals surface area contributed by atoms with Gasteiger partial charge in [0.1, 0.15) is 46.1 Å². The Morgan fingerprint density at radius 2 is 1.19 bits per heavy atom. The van der Waals surface area contributed by atoms with Crippen LogP contribution in [0.25, 0.3) is 14.5 Å². The average molecular weight is 1300 g/mol. The fourth-order valence-corrected chi connectivity index (χ4v) is 9.54. The number of unbranched alkanes of at least 4 members (excludes halogenated alkanes) is 3. The first-order valence-corrected chi connectivity index (χ1v) is 35.5. The van der Waals surface area contributed by atoms with Crippen molar-refractivity contribution < 1.29 is 46.7 Å². The van der Waals surface area contributed by atoms with E-state index in [4.69, 9.17) is 72.8 Å². The number of nitrogens with one attached hydrogen (secondary N) is 1. The van der Waals surface area contributed by atoms with Crippen molar-refractivity contribution in [3.8, 4) is 18.2 Å². The van der Waals surface area contributed by atoms with Crippen LogP contribution in [0.5, 0.6) is 0 Å². The minimum absolute atomic E-state index is 0. The number of isothiocyanates is 1. The summed E-state index contributed by atoms with van der Waals surface area (Å²) in [6.45, 7) is 24.1. The third kappa shape index (κ3) is 19.4. The fourth-order valence-electron chi connectivity index (χ4n) is 8.98. The molecule has 23 heteroatoms. The molecule has 1 heterocycles. The van der Waals surface area contributed by atoms with Crippen molar-refractivity contribution in [2.24, 2.45) is 4.99 Å². The molecule has 0 aromatic heterocycles. The number of carbonyl (C=O) groups is 2. The van der Waals surface area contributed by atoms with Crippen LogP contribution in [0.3, 0.4) is 0 Å². The third-order valence-corrected chi connectivity index (χ3v) is 14.7. The standard InChI is InChI=1S/C24H20F2N4OS.C15H16FN3.C10H11FN2.C9H5FN2S.C4H6O.CH4.2ClH.Zn/c1-15-19(28-2)9-10-20(21(15)26)29-22(31)24(11-5-12-24)30(23(29)32)17-8-7-16(18(25)14-17)6-3-4-13-27;1-18-15(8-4-9-15)19-13-7-6-12(14(16)11-13)5-2-3-10-17;11-10-7-9(13)5-4-8(10)3-1-2-6-12;1-6-7(11-2)3-4-8(9(6)10)12-5-13;5-4-2-1-3-4;;;;/h7-10,14H,3-6,11-12H2,1H3;6-7,11,19H,2-5,8-9H2;4-5,7H,1-3,13H2;3-4H,1H3;1-3H2;1H4;2*1H;/q;;;;;;;;+2/p-2. The zero-order chi connectivity index (χ0) is 62.7. The van der Waals surface area contributed by atoms with Crippen LogP contribution in [0.4, 0.5) is 61.8 Å². The molecule has 4 aliphatic rings. The molecule has 0 unspecified atom stereocenters. The van der Waals surface area contributed by atoms with Gasteiger partial charge in [-0.2, -0.15) is 20.8 Å². The number of nitrogen functional groups attached to an aromatic ring is 1. The third-order valence-electron chi connectivity index (χ3n) is 14.2. The van der Waals surface area contributed by atoms with E-state index in [2.05, 4.69) is 48.3 Å². The van der Waals surface area contributed by atoms with E-state index < -0.39 is 43.8 Å². The van der Waals surface area contributed by atoms with Crippen molar-refractivity contribution in [3.05, 3.63) is 170 Å². The monoisotopic (exact) mass is 1300 g/mol. The van der Waals surface area contributed by atoms with E-state index in [-0.39, 0.29) is 52.7 Å². The van der Waals surface area contributed by atoms with Gasteiger partial charge in [0.25, 0.3) is 5.91 Å². The molecule has 3 saturated carbocycles. The summed E-state index contributed by atoms with van der Waals surface area (Å²) in [5.74, 6) is -2.03. The van der Waals surface area contributed by atoms with E-state index in [0.717, 1.165) is 44.9 Å². The van der Waals surface area contributed by atoms with E-state index in [0.29, 0.717) is 121 Å². The van der Waals surface area contributed by atoms with Crippen LogP contribution in [0, 0.1) is 96.6 Å². The number of hydrogen-bond donors (Lipinski definition) is 2. The number of hydrogen-bond acceptors (Lipinski definition) is 10. The van der Waals surface area contributed by atoms with Gasteiger partial charge in [0.2, 0.25) is 0 Å². The number of nitrogens with two attached hydrogens (primary N) is 1. The fraction of sp³-hybridized carbons (Fsp3) is 0.365. The van der Waals surface area contributed by atoms with Crippen molar-refractivity contribution in [1.82, 2.24) is 0 Å². The van der Waals surface area contributed by atoms with Gasteiger partial charge in [0.15, 0.2) is 16.5 Å². The van der Waals surface area contributed by atoms with Gasteiger partial charge in [-0.15, -0.1) is 0 Å². The predicted octanol–water partition coefficient (Wildman–Crippen LogP) is 18.0. The molecule has 1 spiro atoms. The van der Waals surface area contributed by atoms with Crippen LogP contribution in [0.2, 0.25) is 0 Å². The van der Waals surface area contributed by atoms with Gasteiger partial charge >= 0.3 is 40.2 Å². The molecule has 5 aromatic carbocycles. The van der Waals surface area contributed by atoms with E-state index in [9.17, 15) is 27.2 Å². The second-order valence-electron chi connectivity index (χ2n) is 19.7. The molecule has 0 bridgehead atoms. The Morgan fingerprint density at radius 3 is 1.59 bits per heavy atom. The number of anilines is 4. The number of halogens is 7. The van der Waals surface area contributed by atoms with Gasteiger partial charge in [-0.1, -0.05) is 37.8 Å². The Bertz CT molecular complexity index is 3530. The quantitative estimate of drug-likeness (QED) is 0.0207. The number of nitrogens with zero attached hydrogens (tertiary/aromatic N) is 9. The molecule has 444 valence electrons. The number of rotatable bonds is 14. The zero-order valence-corrected chi connectivity index (χ0v) is 52.9. The second-order valence-corrected chi connectivity index (χ2v) is 24.9. The molecule has 1 aliphatic heterocycles. The Kier molecular flexibility index (Phi) is 30.7. The molecular formula is C63H62Cl2F5N11O2S2Zn. The van der Waals surface area contributed by atoms with Crippen molar-refractivity contribution in [2.75, 3.05) is 20.9 Å². The number of ketones is 1. The van der Waals surface area contributed by atoms with Gasteiger partial charge in [0.05, 0.1) is 42.2 Å². The summed E-state index contributed by atoms with van der Waals surface area (Å²) < 4.78 is 70.2. The number of amides is 1. The molecule has 9 rings (SSSR count). The van der Waals surface area contributed by atoms with Crippen LogP contribution in [-0.4, -0.2) is 33.2 Å². The van der Waals surface area contributed by atoms with Crippen LogP contribution in [0.1, 0.15) is 132 Å². The molecule has 1 amide bonds. The molecule has 86 heavy (non-hydrogen) atoms. The molecule has 0 atom stereocenters. The number of thiocarbonyl (C=S) groups is 2. The summed E-state index contributed by atoms with van der Waals surface area (Å²) in [7, 11) is 9.90. The number of carbonyl (C=O) groups excluding carboxylic acids is 2. The average Bonchev–Trinajstić information content (AvgIpc) is 1.63. The molecule has 0 radical (unpaired) electrons. The van der Waals surface area contributed by atoms with Gasteiger partial charge < -0.3 is 16.0 Å². The number of aryl methyl sites for hydroxylation is 3. The van der Waals surface area contributed by atoms with Gasteiger partial charge in [0, 0.05) is 62.0 Å². The summed E-state index contributed by atoms with van der Waals surface area (Å²) in [4.78, 5) is 39.8. The number of nitriles is 3. The van der Waals surface area contributed by atoms with Crippen molar-refractivity contribution in [3.63, 3.8) is 0 Å². The van der Waals surface area contributed by atoms with E-state index >= 15 is 4.39 Å². The molecule has 5 aromatic rings. The molecular weight excluding hydrogens is 1240 g/mol. The molecule has 13 nitrogen and oxygen atoms in total. The molecule has 1 saturated heterocycles. The SMILES string of the molecule is C.N#CCCCc1ccc(N)cc1F.O=C1CCC1.[C-]#[N+]C1(Nc2ccc(CCCC#N)c(F)c2)CCC1.[C-]#[N+]c1ccc(N2C(=O)C3(CCC3)N(c3ccc(CCCC#N)c(F)c3)C2=S)c(F)c1C.[C-]#[N+]c1ccc(N=C=S)c(F)c1C.[Cl][Zn][Cl]. The number of benzene rings is 5. The molecule has 3 aliphatic carbocycles. The normalized spacial score (nSPS) is 13.9. The first-order valence-electron chi connectivity index (χ1n) is 26.9. The number of Topliss-reactive ketones (excluding diaryl/α,β-unsaturated/α-hetero) is 1. The molecule has 4 fully saturated rings. The predicted molar refractivity (Wildman–Crippen MR) is 332 cm³/mol. The van der Waals surface area contributed by atoms with Gasteiger partial charge in [-0.3, -0.25) is 19.3 Å². The Hall–Kier alpha value is -7.68. The summed E-state index contributed by atoms with van der Waals surface area (Å²) in [5.41, 5.74) is 8.26. The summed E-state index contributed by atoms with van der Waals surface area (Å²) in [6, 6.07) is 26.3. The maximum absolute atomic E-state index is 15.1. The molecule has 3 N–H and O–H groups in total. The summed E-state index contributed by atoms with van der Waals surface area (Å²) in [6.07, 6.45) is 12.2.